The van der Waals surface area contributed by atoms with Gasteiger partial charge in [-0.15, -0.1) is 0 Å². The van der Waals surface area contributed by atoms with Gasteiger partial charge in [0, 0.05) is 11.1 Å². The lowest BCUT2D eigenvalue weighted by molar-refractivity contribution is -0.152. The molecule has 1 aliphatic rings. The third-order valence-electron chi connectivity index (χ3n) is 3.76. The number of rotatable bonds is 4. The summed E-state index contributed by atoms with van der Waals surface area (Å²) in [4.78, 5) is 12.7. The van der Waals surface area contributed by atoms with E-state index in [-0.39, 0.29) is 6.54 Å². The van der Waals surface area contributed by atoms with Crippen LogP contribution in [0.15, 0.2) is 48.5 Å². The van der Waals surface area contributed by atoms with Crippen molar-refractivity contribution < 1.29 is 24.5 Å². The highest BCUT2D eigenvalue weighted by molar-refractivity contribution is 5.71. The average molecular weight is 315 g/mol. The summed E-state index contributed by atoms with van der Waals surface area (Å²) in [6.45, 7) is -0.206. The Kier molecular flexibility index (Phi) is 4.29. The standard InChI is InChI=1S/C17H17NO5/c1-22-15(19)10-18-16(20)13-8-7-12(9-14(13)17(18)21)23-11-5-3-2-4-6-11/h2-9,16-17,20-21H,10H2,1H3. The van der Waals surface area contributed by atoms with Crippen LogP contribution in [0, 0.1) is 0 Å². The Labute approximate surface area is 133 Å². The Morgan fingerprint density at radius 3 is 2.43 bits per heavy atom. The first-order chi connectivity index (χ1) is 11.1. The van der Waals surface area contributed by atoms with Crippen LogP contribution < -0.4 is 4.74 Å². The number of nitrogens with zero attached hydrogens (tertiary/aromatic N) is 1. The second-order valence-corrected chi connectivity index (χ2v) is 5.20. The Hall–Kier alpha value is -2.41. The van der Waals surface area contributed by atoms with E-state index >= 15 is 0 Å². The smallest absolute Gasteiger partial charge is 0.320 e. The molecule has 0 aromatic heterocycles. The van der Waals surface area contributed by atoms with Crippen molar-refractivity contribution in [3.63, 3.8) is 0 Å². The van der Waals surface area contributed by atoms with E-state index in [1.54, 1.807) is 18.2 Å². The predicted octanol–water partition coefficient (Wildman–Crippen LogP) is 1.95. The highest BCUT2D eigenvalue weighted by Gasteiger charge is 2.37. The minimum Gasteiger partial charge on any atom is -0.468 e. The van der Waals surface area contributed by atoms with Gasteiger partial charge in [0.05, 0.1) is 7.11 Å². The number of carbonyl (C=O) groups excluding carboxylic acids is 1. The van der Waals surface area contributed by atoms with Crippen LogP contribution in [0.3, 0.4) is 0 Å². The van der Waals surface area contributed by atoms with Gasteiger partial charge in [-0.25, -0.2) is 4.90 Å². The number of esters is 1. The van der Waals surface area contributed by atoms with E-state index in [9.17, 15) is 15.0 Å². The molecule has 2 unspecified atom stereocenters. The number of methoxy groups -OCH3 is 1. The fraction of sp³-hybridized carbons (Fsp3) is 0.235. The van der Waals surface area contributed by atoms with Crippen LogP contribution in [0.5, 0.6) is 11.5 Å². The number of benzene rings is 2. The van der Waals surface area contributed by atoms with Gasteiger partial charge >= 0.3 is 5.97 Å². The number of hydrogen-bond acceptors (Lipinski definition) is 6. The molecule has 0 amide bonds. The average Bonchev–Trinajstić information content (AvgIpc) is 2.80. The molecule has 0 spiro atoms. The van der Waals surface area contributed by atoms with Gasteiger partial charge in [0.15, 0.2) is 0 Å². The van der Waals surface area contributed by atoms with Crippen LogP contribution in [-0.4, -0.2) is 34.7 Å². The normalized spacial score (nSPS) is 20.1. The Morgan fingerprint density at radius 1 is 1.04 bits per heavy atom. The van der Waals surface area contributed by atoms with Crippen LogP contribution in [0.1, 0.15) is 23.6 Å². The van der Waals surface area contributed by atoms with Gasteiger partial charge in [-0.1, -0.05) is 24.3 Å². The Bertz CT molecular complexity index is 703. The van der Waals surface area contributed by atoms with Crippen molar-refractivity contribution in [2.75, 3.05) is 13.7 Å². The second kappa shape index (κ2) is 6.37. The monoisotopic (exact) mass is 315 g/mol. The van der Waals surface area contributed by atoms with E-state index in [1.807, 2.05) is 30.3 Å². The summed E-state index contributed by atoms with van der Waals surface area (Å²) in [6, 6.07) is 14.3. The molecule has 6 nitrogen and oxygen atoms in total. The summed E-state index contributed by atoms with van der Waals surface area (Å²) in [5, 5.41) is 20.6. The molecule has 6 heteroatoms. The third kappa shape index (κ3) is 3.05. The first-order valence-corrected chi connectivity index (χ1v) is 7.15. The molecule has 0 saturated carbocycles. The predicted molar refractivity (Wildman–Crippen MR) is 81.6 cm³/mol. The maximum Gasteiger partial charge on any atom is 0.320 e. The van der Waals surface area contributed by atoms with Crippen LogP contribution in [-0.2, 0) is 9.53 Å². The molecule has 2 aromatic carbocycles. The molecule has 2 N–H and O–H groups in total. The third-order valence-corrected chi connectivity index (χ3v) is 3.76. The number of hydrogen-bond donors (Lipinski definition) is 2. The Balaban J connectivity index is 1.83. The second-order valence-electron chi connectivity index (χ2n) is 5.20. The van der Waals surface area contributed by atoms with Gasteiger partial charge in [-0.2, -0.15) is 0 Å². The molecule has 0 bridgehead atoms. The summed E-state index contributed by atoms with van der Waals surface area (Å²) in [5.41, 5.74) is 1.05. The van der Waals surface area contributed by atoms with Gasteiger partial charge in [0.25, 0.3) is 0 Å². The first-order valence-electron chi connectivity index (χ1n) is 7.15. The molecule has 1 aliphatic heterocycles. The molecule has 0 aliphatic carbocycles. The highest BCUT2D eigenvalue weighted by atomic mass is 16.5. The molecule has 2 atom stereocenters. The van der Waals surface area contributed by atoms with Gasteiger partial charge < -0.3 is 19.7 Å². The van der Waals surface area contributed by atoms with Crippen molar-refractivity contribution in [3.8, 4) is 11.5 Å². The van der Waals surface area contributed by atoms with Crippen LogP contribution in [0.4, 0.5) is 0 Å². The van der Waals surface area contributed by atoms with Crippen molar-refractivity contribution >= 4 is 5.97 Å². The molecular formula is C17H17NO5. The molecule has 0 radical (unpaired) electrons. The van der Waals surface area contributed by atoms with Gasteiger partial charge in [0.2, 0.25) is 0 Å². The van der Waals surface area contributed by atoms with Gasteiger partial charge in [-0.05, 0) is 24.3 Å². The fourth-order valence-corrected chi connectivity index (χ4v) is 2.58. The largest absolute Gasteiger partial charge is 0.468 e. The zero-order chi connectivity index (χ0) is 16.4. The van der Waals surface area contributed by atoms with E-state index in [0.29, 0.717) is 22.6 Å². The van der Waals surface area contributed by atoms with Crippen molar-refractivity contribution in [3.05, 3.63) is 59.7 Å². The first kappa shape index (κ1) is 15.5. The van der Waals surface area contributed by atoms with Gasteiger partial charge in [0.1, 0.15) is 30.5 Å². The topological polar surface area (TPSA) is 79.2 Å². The number of aliphatic hydroxyl groups excluding tert-OH is 2. The number of ether oxygens (including phenoxy) is 2. The number of aliphatic hydroxyl groups is 2. The SMILES string of the molecule is COC(=O)CN1C(O)c2ccc(Oc3ccccc3)cc2C1O. The van der Waals surface area contributed by atoms with Crippen LogP contribution in [0.2, 0.25) is 0 Å². The molecule has 23 heavy (non-hydrogen) atoms. The number of fused-ring (bicyclic) bond motifs is 1. The Morgan fingerprint density at radius 2 is 1.74 bits per heavy atom. The quantitative estimate of drug-likeness (QED) is 0.840. The summed E-state index contributed by atoms with van der Waals surface area (Å²) in [5.74, 6) is 0.685. The van der Waals surface area contributed by atoms with E-state index in [1.165, 1.54) is 12.0 Å². The maximum absolute atomic E-state index is 11.4. The van der Waals surface area contributed by atoms with E-state index in [0.717, 1.165) is 0 Å². The van der Waals surface area contributed by atoms with Crippen molar-refractivity contribution in [1.82, 2.24) is 4.90 Å². The van der Waals surface area contributed by atoms with Crippen LogP contribution >= 0.6 is 0 Å². The molecule has 2 aromatic rings. The lowest BCUT2D eigenvalue weighted by Crippen LogP contribution is -2.32. The highest BCUT2D eigenvalue weighted by Crippen LogP contribution is 2.41. The number of carbonyl (C=O) groups is 1. The molecule has 3 rings (SSSR count). The zero-order valence-electron chi connectivity index (χ0n) is 12.5. The maximum atomic E-state index is 11.4. The van der Waals surface area contributed by atoms with Crippen LogP contribution in [0.25, 0.3) is 0 Å². The molecule has 120 valence electrons. The van der Waals surface area contributed by atoms with Crippen molar-refractivity contribution in [1.29, 1.82) is 0 Å². The number of para-hydroxylation sites is 1. The molecule has 1 heterocycles. The van der Waals surface area contributed by atoms with Crippen molar-refractivity contribution in [2.24, 2.45) is 0 Å². The van der Waals surface area contributed by atoms with Gasteiger partial charge in [-0.3, -0.25) is 4.79 Å². The summed E-state index contributed by atoms with van der Waals surface area (Å²) >= 11 is 0. The molecule has 0 fully saturated rings. The summed E-state index contributed by atoms with van der Waals surface area (Å²) in [6.07, 6.45) is -2.16. The van der Waals surface area contributed by atoms with E-state index in [4.69, 9.17) is 4.74 Å². The van der Waals surface area contributed by atoms with E-state index in [2.05, 4.69) is 4.74 Å². The molecule has 0 saturated heterocycles. The lowest BCUT2D eigenvalue weighted by Gasteiger charge is -2.22. The summed E-state index contributed by atoms with van der Waals surface area (Å²) < 4.78 is 10.3. The zero-order valence-corrected chi connectivity index (χ0v) is 12.5. The molecular weight excluding hydrogens is 298 g/mol. The van der Waals surface area contributed by atoms with E-state index < -0.39 is 18.4 Å². The van der Waals surface area contributed by atoms with Crippen molar-refractivity contribution in [2.45, 2.75) is 12.5 Å². The minimum atomic E-state index is -1.10. The fourth-order valence-electron chi connectivity index (χ4n) is 2.58. The minimum absolute atomic E-state index is 0.206. The lowest BCUT2D eigenvalue weighted by atomic mass is 10.1. The summed E-state index contributed by atoms with van der Waals surface area (Å²) in [7, 11) is 1.26.